The van der Waals surface area contributed by atoms with Crippen LogP contribution >= 0.6 is 0 Å². The molecule has 1 aromatic carbocycles. The summed E-state index contributed by atoms with van der Waals surface area (Å²) in [7, 11) is 0. The highest BCUT2D eigenvalue weighted by molar-refractivity contribution is 5.97. The molecule has 2 aliphatic carbocycles. The molecule has 2 fully saturated rings. The van der Waals surface area contributed by atoms with E-state index in [2.05, 4.69) is 21.3 Å². The van der Waals surface area contributed by atoms with Crippen LogP contribution in [-0.4, -0.2) is 53.4 Å². The fraction of sp³-hybridized carbons (Fsp3) is 0.577. The maximum Gasteiger partial charge on any atom is 0.252 e. The van der Waals surface area contributed by atoms with E-state index in [1.165, 1.54) is 6.08 Å². The molecule has 0 saturated heterocycles. The number of ether oxygens (including phenoxy) is 1. The predicted octanol–water partition coefficient (Wildman–Crippen LogP) is 2.02. The molecule has 1 atom stereocenters. The van der Waals surface area contributed by atoms with Gasteiger partial charge in [0.2, 0.25) is 5.91 Å². The second kappa shape index (κ2) is 11.2. The Morgan fingerprint density at radius 2 is 1.69 bits per heavy atom. The molecule has 9 heteroatoms. The number of hydrogen-bond donors (Lipinski definition) is 6. The summed E-state index contributed by atoms with van der Waals surface area (Å²) >= 11 is 0. The second-order valence-corrected chi connectivity index (χ2v) is 9.95. The Hall–Kier alpha value is -2.91. The molecule has 6 N–H and O–H groups in total. The minimum Gasteiger partial charge on any atom is -0.388 e. The highest BCUT2D eigenvalue weighted by Crippen LogP contribution is 2.33. The zero-order chi connectivity index (χ0) is 24.7. The van der Waals surface area contributed by atoms with Gasteiger partial charge in [-0.25, -0.2) is 0 Å². The molecule has 3 aliphatic rings. The zero-order valence-corrected chi connectivity index (χ0v) is 20.2. The van der Waals surface area contributed by atoms with E-state index >= 15 is 0 Å². The van der Waals surface area contributed by atoms with Crippen molar-refractivity contribution in [3.05, 3.63) is 47.7 Å². The molecule has 190 valence electrons. The van der Waals surface area contributed by atoms with Crippen molar-refractivity contribution in [3.63, 3.8) is 0 Å². The third-order valence-corrected chi connectivity index (χ3v) is 7.21. The molecular formula is C26H37N5O4. The maximum absolute atomic E-state index is 13.3. The quantitative estimate of drug-likeness (QED) is 0.247. The van der Waals surface area contributed by atoms with Gasteiger partial charge in [-0.3, -0.25) is 15.0 Å². The first-order valence-corrected chi connectivity index (χ1v) is 12.7. The normalized spacial score (nSPS) is 23.3. The van der Waals surface area contributed by atoms with Crippen LogP contribution in [0.5, 0.6) is 0 Å². The number of carbonyl (C=O) groups excluding carboxylic acids is 2. The fourth-order valence-corrected chi connectivity index (χ4v) is 5.16. The first kappa shape index (κ1) is 25.2. The van der Waals surface area contributed by atoms with Crippen molar-refractivity contribution in [2.24, 2.45) is 0 Å². The van der Waals surface area contributed by atoms with Gasteiger partial charge in [0.15, 0.2) is 6.29 Å². The molecule has 2 amide bonds. The van der Waals surface area contributed by atoms with E-state index < -0.39 is 17.5 Å². The number of carbonyl (C=O) groups is 2. The lowest BCUT2D eigenvalue weighted by Crippen LogP contribution is -2.59. The highest BCUT2D eigenvalue weighted by atomic mass is 16.5. The lowest BCUT2D eigenvalue weighted by Gasteiger charge is -2.38. The van der Waals surface area contributed by atoms with Crippen LogP contribution < -0.4 is 21.3 Å². The lowest BCUT2D eigenvalue weighted by atomic mass is 9.82. The smallest absolute Gasteiger partial charge is 0.252 e. The molecule has 2 saturated carbocycles. The molecule has 4 rings (SSSR count). The molecular weight excluding hydrogens is 446 g/mol. The maximum atomic E-state index is 13.3. The molecule has 0 bridgehead atoms. The molecule has 35 heavy (non-hydrogen) atoms. The van der Waals surface area contributed by atoms with Gasteiger partial charge < -0.3 is 31.1 Å². The van der Waals surface area contributed by atoms with Gasteiger partial charge in [0.25, 0.3) is 5.91 Å². The van der Waals surface area contributed by atoms with Crippen molar-refractivity contribution in [1.29, 1.82) is 5.41 Å². The number of hydrogen-bond acceptors (Lipinski definition) is 6. The summed E-state index contributed by atoms with van der Waals surface area (Å²) in [5.41, 5.74) is -0.569. The highest BCUT2D eigenvalue weighted by Gasteiger charge is 2.42. The number of benzene rings is 1. The van der Waals surface area contributed by atoms with Gasteiger partial charge in [-0.15, -0.1) is 0 Å². The summed E-state index contributed by atoms with van der Waals surface area (Å²) in [4.78, 5) is 25.6. The fourth-order valence-electron chi connectivity index (χ4n) is 5.16. The zero-order valence-electron chi connectivity index (χ0n) is 20.2. The molecule has 1 unspecified atom stereocenters. The SMILES string of the molecule is N=C(NC1NC(=O)C=C(COC2(C(=O)NCC3(O)CCCCC3)CCCCC2)N1)c1ccccc1. The monoisotopic (exact) mass is 483 g/mol. The van der Waals surface area contributed by atoms with Crippen LogP contribution in [0.15, 0.2) is 42.1 Å². The van der Waals surface area contributed by atoms with E-state index in [4.69, 9.17) is 10.1 Å². The van der Waals surface area contributed by atoms with Crippen molar-refractivity contribution < 1.29 is 19.4 Å². The van der Waals surface area contributed by atoms with Crippen LogP contribution in [0.3, 0.4) is 0 Å². The van der Waals surface area contributed by atoms with Crippen LogP contribution in [0.2, 0.25) is 0 Å². The van der Waals surface area contributed by atoms with Crippen LogP contribution in [0.25, 0.3) is 0 Å². The van der Waals surface area contributed by atoms with E-state index in [0.29, 0.717) is 36.9 Å². The molecule has 9 nitrogen and oxygen atoms in total. The van der Waals surface area contributed by atoms with Crippen molar-refractivity contribution in [3.8, 4) is 0 Å². The first-order chi connectivity index (χ1) is 16.9. The number of amides is 2. The van der Waals surface area contributed by atoms with Crippen molar-refractivity contribution in [2.45, 2.75) is 81.7 Å². The van der Waals surface area contributed by atoms with Crippen LogP contribution in [0.1, 0.15) is 69.8 Å². The molecule has 0 aromatic heterocycles. The van der Waals surface area contributed by atoms with Gasteiger partial charge in [-0.1, -0.05) is 68.9 Å². The van der Waals surface area contributed by atoms with Crippen LogP contribution in [0, 0.1) is 5.41 Å². The van der Waals surface area contributed by atoms with E-state index in [9.17, 15) is 14.7 Å². The summed E-state index contributed by atoms with van der Waals surface area (Å²) in [5.74, 6) is -0.311. The van der Waals surface area contributed by atoms with E-state index in [0.717, 1.165) is 38.5 Å². The van der Waals surface area contributed by atoms with Crippen molar-refractivity contribution >= 4 is 17.6 Å². The summed E-state index contributed by atoms with van der Waals surface area (Å²) < 4.78 is 6.25. The Balaban J connectivity index is 1.35. The number of amidine groups is 1. The van der Waals surface area contributed by atoms with Crippen LogP contribution in [-0.2, 0) is 14.3 Å². The van der Waals surface area contributed by atoms with Crippen LogP contribution in [0.4, 0.5) is 0 Å². The number of rotatable bonds is 8. The topological polar surface area (TPSA) is 136 Å². The molecule has 0 radical (unpaired) electrons. The van der Waals surface area contributed by atoms with Crippen molar-refractivity contribution in [2.75, 3.05) is 13.2 Å². The second-order valence-electron chi connectivity index (χ2n) is 9.95. The Bertz CT molecular complexity index is 936. The van der Waals surface area contributed by atoms with Gasteiger partial charge in [-0.2, -0.15) is 0 Å². The minimum absolute atomic E-state index is 0.0714. The summed E-state index contributed by atoms with van der Waals surface area (Å²) in [5, 5.41) is 30.9. The first-order valence-electron chi connectivity index (χ1n) is 12.7. The Labute approximate surface area is 206 Å². The van der Waals surface area contributed by atoms with Gasteiger partial charge in [0.05, 0.1) is 12.2 Å². The number of nitrogens with one attached hydrogen (secondary N) is 5. The van der Waals surface area contributed by atoms with E-state index in [-0.39, 0.29) is 30.8 Å². The van der Waals surface area contributed by atoms with Gasteiger partial charge in [-0.05, 0) is 25.7 Å². The summed E-state index contributed by atoms with van der Waals surface area (Å²) in [6, 6.07) is 9.20. The molecule has 1 aromatic rings. The molecule has 0 spiro atoms. The average molecular weight is 484 g/mol. The Morgan fingerprint density at radius 1 is 1.03 bits per heavy atom. The predicted molar refractivity (Wildman–Crippen MR) is 132 cm³/mol. The van der Waals surface area contributed by atoms with Gasteiger partial charge in [0, 0.05) is 23.9 Å². The van der Waals surface area contributed by atoms with Gasteiger partial charge in [0.1, 0.15) is 11.4 Å². The Kier molecular flexibility index (Phi) is 8.07. The average Bonchev–Trinajstić information content (AvgIpc) is 2.87. The lowest BCUT2D eigenvalue weighted by molar-refractivity contribution is -0.152. The molecule has 1 heterocycles. The van der Waals surface area contributed by atoms with E-state index in [1.54, 1.807) is 0 Å². The third kappa shape index (κ3) is 6.61. The van der Waals surface area contributed by atoms with Crippen molar-refractivity contribution in [1.82, 2.24) is 21.3 Å². The largest absolute Gasteiger partial charge is 0.388 e. The summed E-state index contributed by atoms with van der Waals surface area (Å²) in [6.45, 7) is 0.315. The standard InChI is InChI=1S/C26H37N5O4/c27-22(19-10-4-1-5-11-19)31-24-29-20(16-21(32)30-24)17-35-26(14-8-3-9-15-26)23(33)28-18-25(34)12-6-2-7-13-25/h1,4-5,10-11,16,24,29,34H,2-3,6-9,12-15,17-18H2,(H2,27,31)(H,28,33)(H,30,32). The minimum atomic E-state index is -0.973. The number of aliphatic hydroxyl groups is 1. The van der Waals surface area contributed by atoms with Gasteiger partial charge >= 0.3 is 0 Å². The third-order valence-electron chi connectivity index (χ3n) is 7.21. The van der Waals surface area contributed by atoms with E-state index in [1.807, 2.05) is 30.3 Å². The summed E-state index contributed by atoms with van der Waals surface area (Å²) in [6.07, 6.45) is 9.30. The Morgan fingerprint density at radius 3 is 2.37 bits per heavy atom. The molecule has 1 aliphatic heterocycles.